The average molecular weight is 526 g/mol. The predicted molar refractivity (Wildman–Crippen MR) is 116 cm³/mol. The Morgan fingerprint density at radius 2 is 2.12 bits per heavy atom. The van der Waals surface area contributed by atoms with E-state index in [2.05, 4.69) is 55.5 Å². The molecular weight excluding hydrogens is 509 g/mol. The van der Waals surface area contributed by atoms with Crippen LogP contribution in [-0.4, -0.2) is 23.0 Å². The molecule has 5 nitrogen and oxygen atoms in total. The second-order valence-corrected chi connectivity index (χ2v) is 7.77. The third-order valence-electron chi connectivity index (χ3n) is 3.85. The van der Waals surface area contributed by atoms with Gasteiger partial charge in [0, 0.05) is 10.9 Å². The summed E-state index contributed by atoms with van der Waals surface area (Å²) in [6.07, 6.45) is 3.23. The Labute approximate surface area is 173 Å². The van der Waals surface area contributed by atoms with E-state index in [4.69, 9.17) is 4.74 Å². The van der Waals surface area contributed by atoms with E-state index >= 15 is 0 Å². The summed E-state index contributed by atoms with van der Waals surface area (Å²) in [4.78, 5) is 17.6. The number of benzene rings is 2. The molecule has 0 N–H and O–H groups in total. The van der Waals surface area contributed by atoms with Gasteiger partial charge < -0.3 is 4.74 Å². The molecule has 26 heavy (non-hydrogen) atoms. The van der Waals surface area contributed by atoms with Gasteiger partial charge in [0.1, 0.15) is 11.6 Å². The maximum Gasteiger partial charge on any atom is 0.282 e. The molecule has 0 spiro atoms. The third-order valence-corrected chi connectivity index (χ3v) is 5.18. The molecular formula is C19H17BrIN3O2. The van der Waals surface area contributed by atoms with Crippen molar-refractivity contribution in [1.82, 2.24) is 9.66 Å². The highest BCUT2D eigenvalue weighted by Gasteiger charge is 2.10. The summed E-state index contributed by atoms with van der Waals surface area (Å²) >= 11 is 5.62. The Balaban J connectivity index is 2.10. The maximum absolute atomic E-state index is 12.9. The molecule has 7 heteroatoms. The summed E-state index contributed by atoms with van der Waals surface area (Å²) in [6, 6.07) is 11.3. The first-order valence-corrected chi connectivity index (χ1v) is 9.99. The normalized spacial score (nSPS) is 11.4. The Hall–Kier alpha value is -1.74. The van der Waals surface area contributed by atoms with E-state index in [1.54, 1.807) is 19.4 Å². The highest BCUT2D eigenvalue weighted by atomic mass is 127. The number of hydrogen-bond acceptors (Lipinski definition) is 4. The SMILES string of the molecule is CCCc1nc2ccc(Br)cc2c(=O)n1N=Cc1ccc(OC)c(I)c1. The van der Waals surface area contributed by atoms with Crippen molar-refractivity contribution in [2.24, 2.45) is 5.10 Å². The van der Waals surface area contributed by atoms with Crippen LogP contribution < -0.4 is 10.3 Å². The van der Waals surface area contributed by atoms with E-state index in [0.717, 1.165) is 25.8 Å². The van der Waals surface area contributed by atoms with Gasteiger partial charge in [-0.3, -0.25) is 4.79 Å². The van der Waals surface area contributed by atoms with Gasteiger partial charge in [0.25, 0.3) is 5.56 Å². The van der Waals surface area contributed by atoms with Crippen LogP contribution in [0.5, 0.6) is 5.75 Å². The van der Waals surface area contributed by atoms with Gasteiger partial charge in [-0.15, -0.1) is 0 Å². The van der Waals surface area contributed by atoms with Crippen LogP contribution >= 0.6 is 38.5 Å². The van der Waals surface area contributed by atoms with Crippen molar-refractivity contribution in [3.05, 3.63) is 66.2 Å². The number of fused-ring (bicyclic) bond motifs is 1. The lowest BCUT2D eigenvalue weighted by molar-refractivity contribution is 0.412. The number of ether oxygens (including phenoxy) is 1. The van der Waals surface area contributed by atoms with E-state index in [-0.39, 0.29) is 5.56 Å². The fourth-order valence-electron chi connectivity index (χ4n) is 2.59. The van der Waals surface area contributed by atoms with Crippen molar-refractivity contribution in [2.45, 2.75) is 19.8 Å². The molecule has 0 bridgehead atoms. The van der Waals surface area contributed by atoms with Gasteiger partial charge in [-0.25, -0.2) is 4.98 Å². The van der Waals surface area contributed by atoms with Crippen molar-refractivity contribution < 1.29 is 4.74 Å². The third kappa shape index (κ3) is 3.98. The van der Waals surface area contributed by atoms with E-state index in [1.807, 2.05) is 30.3 Å². The van der Waals surface area contributed by atoms with Crippen LogP contribution in [0.25, 0.3) is 10.9 Å². The largest absolute Gasteiger partial charge is 0.496 e. The van der Waals surface area contributed by atoms with Gasteiger partial charge in [-0.2, -0.15) is 9.78 Å². The second kappa shape index (κ2) is 8.30. The number of rotatable bonds is 5. The van der Waals surface area contributed by atoms with Gasteiger partial charge in [-0.05, 0) is 71.0 Å². The molecule has 134 valence electrons. The summed E-state index contributed by atoms with van der Waals surface area (Å²) in [7, 11) is 1.64. The first-order chi connectivity index (χ1) is 12.5. The molecule has 1 aromatic heterocycles. The monoisotopic (exact) mass is 525 g/mol. The highest BCUT2D eigenvalue weighted by Crippen LogP contribution is 2.21. The Morgan fingerprint density at radius 3 is 2.81 bits per heavy atom. The molecule has 0 aliphatic carbocycles. The second-order valence-electron chi connectivity index (χ2n) is 5.70. The molecule has 3 rings (SSSR count). The maximum atomic E-state index is 12.9. The zero-order chi connectivity index (χ0) is 18.7. The minimum absolute atomic E-state index is 0.167. The molecule has 3 aromatic rings. The lowest BCUT2D eigenvalue weighted by Gasteiger charge is -2.09. The minimum Gasteiger partial charge on any atom is -0.496 e. The average Bonchev–Trinajstić information content (AvgIpc) is 2.62. The van der Waals surface area contributed by atoms with Crippen molar-refractivity contribution in [2.75, 3.05) is 7.11 Å². The Bertz CT molecular complexity index is 1050. The smallest absolute Gasteiger partial charge is 0.282 e. The van der Waals surface area contributed by atoms with Gasteiger partial charge in [0.15, 0.2) is 0 Å². The van der Waals surface area contributed by atoms with Crippen LogP contribution in [0.3, 0.4) is 0 Å². The zero-order valence-electron chi connectivity index (χ0n) is 14.4. The van der Waals surface area contributed by atoms with E-state index < -0.39 is 0 Å². The van der Waals surface area contributed by atoms with Crippen molar-refractivity contribution in [1.29, 1.82) is 0 Å². The first kappa shape index (κ1) is 19.0. The van der Waals surface area contributed by atoms with Crippen LogP contribution in [0.1, 0.15) is 24.7 Å². The minimum atomic E-state index is -0.167. The molecule has 0 saturated heterocycles. The summed E-state index contributed by atoms with van der Waals surface area (Å²) in [5.74, 6) is 1.47. The molecule has 0 saturated carbocycles. The zero-order valence-corrected chi connectivity index (χ0v) is 18.1. The molecule has 0 aliphatic heterocycles. The number of aryl methyl sites for hydroxylation is 1. The van der Waals surface area contributed by atoms with Gasteiger partial charge in [0.2, 0.25) is 0 Å². The molecule has 0 atom stereocenters. The van der Waals surface area contributed by atoms with Crippen molar-refractivity contribution >= 4 is 55.6 Å². The van der Waals surface area contributed by atoms with Crippen molar-refractivity contribution in [3.8, 4) is 5.75 Å². The first-order valence-electron chi connectivity index (χ1n) is 8.12. The van der Waals surface area contributed by atoms with E-state index in [1.165, 1.54) is 4.68 Å². The van der Waals surface area contributed by atoms with Crippen LogP contribution in [-0.2, 0) is 6.42 Å². The molecule has 2 aromatic carbocycles. The number of hydrogen-bond donors (Lipinski definition) is 0. The fourth-order valence-corrected chi connectivity index (χ4v) is 3.71. The van der Waals surface area contributed by atoms with Crippen molar-refractivity contribution in [3.63, 3.8) is 0 Å². The number of halogens is 2. The Kier molecular flexibility index (Phi) is 6.08. The summed E-state index contributed by atoms with van der Waals surface area (Å²) in [5.41, 5.74) is 1.41. The molecule has 1 heterocycles. The lowest BCUT2D eigenvalue weighted by Crippen LogP contribution is -2.22. The number of methoxy groups -OCH3 is 1. The summed E-state index contributed by atoms with van der Waals surface area (Å²) in [5, 5.41) is 4.97. The molecule has 0 radical (unpaired) electrons. The van der Waals surface area contributed by atoms with E-state index in [9.17, 15) is 4.79 Å². The summed E-state index contributed by atoms with van der Waals surface area (Å²) in [6.45, 7) is 2.05. The number of aromatic nitrogens is 2. The van der Waals surface area contributed by atoms with Gasteiger partial charge in [-0.1, -0.05) is 22.9 Å². The highest BCUT2D eigenvalue weighted by molar-refractivity contribution is 14.1. The fraction of sp³-hybridized carbons (Fsp3) is 0.211. The van der Waals surface area contributed by atoms with Crippen LogP contribution in [0, 0.1) is 3.57 Å². The molecule has 0 unspecified atom stereocenters. The summed E-state index contributed by atoms with van der Waals surface area (Å²) < 4.78 is 8.49. The standard InChI is InChI=1S/C19H17BrIN3O2/c1-3-4-18-23-16-7-6-13(20)10-14(16)19(25)24(18)22-11-12-5-8-17(26-2)15(21)9-12/h5-11H,3-4H2,1-2H3. The predicted octanol–water partition coefficient (Wildman–Crippen LogP) is 4.61. The number of nitrogens with zero attached hydrogens (tertiary/aromatic N) is 3. The molecule has 0 aliphatic rings. The van der Waals surface area contributed by atoms with Crippen LogP contribution in [0.2, 0.25) is 0 Å². The van der Waals surface area contributed by atoms with Crippen LogP contribution in [0.4, 0.5) is 0 Å². The molecule has 0 fully saturated rings. The Morgan fingerprint density at radius 1 is 1.31 bits per heavy atom. The lowest BCUT2D eigenvalue weighted by atomic mass is 10.2. The quantitative estimate of drug-likeness (QED) is 0.361. The van der Waals surface area contributed by atoms with Gasteiger partial charge >= 0.3 is 0 Å². The van der Waals surface area contributed by atoms with Crippen LogP contribution in [0.15, 0.2) is 50.8 Å². The topological polar surface area (TPSA) is 56.5 Å². The van der Waals surface area contributed by atoms with E-state index in [0.29, 0.717) is 23.1 Å². The van der Waals surface area contributed by atoms with Gasteiger partial charge in [0.05, 0.1) is 27.8 Å². The molecule has 0 amide bonds.